The maximum absolute atomic E-state index is 12.3. The Morgan fingerprint density at radius 2 is 1.50 bits per heavy atom. The van der Waals surface area contributed by atoms with Gasteiger partial charge >= 0.3 is 12.4 Å². The van der Waals surface area contributed by atoms with E-state index in [2.05, 4.69) is 4.98 Å². The second kappa shape index (κ2) is 3.76. The van der Waals surface area contributed by atoms with E-state index in [-0.39, 0.29) is 18.5 Å². The number of hydrogen-bond donors (Lipinski definition) is 0. The van der Waals surface area contributed by atoms with Gasteiger partial charge in [-0.2, -0.15) is 26.3 Å². The van der Waals surface area contributed by atoms with Gasteiger partial charge in [-0.05, 0) is 6.07 Å². The lowest BCUT2D eigenvalue weighted by Crippen LogP contribution is -2.17. The first kappa shape index (κ1) is 12.5. The van der Waals surface area contributed by atoms with Crippen molar-refractivity contribution in [2.45, 2.75) is 12.4 Å². The highest BCUT2D eigenvalue weighted by Crippen LogP contribution is 2.39. The second-order valence-corrected chi connectivity index (χ2v) is 2.77. The average molecular weight is 243 g/mol. The fraction of sp³-hybridized carbons (Fsp3) is 0.250. The van der Waals surface area contributed by atoms with Gasteiger partial charge in [0.2, 0.25) is 0 Å². The maximum Gasteiger partial charge on any atom is 0.418 e. The fourth-order valence-corrected chi connectivity index (χ4v) is 0.996. The summed E-state index contributed by atoms with van der Waals surface area (Å²) in [5.74, 6) is 0. The van der Waals surface area contributed by atoms with Crippen LogP contribution >= 0.6 is 0 Å². The molecule has 16 heavy (non-hydrogen) atoms. The normalized spacial score (nSPS) is 12.6. The van der Waals surface area contributed by atoms with Crippen molar-refractivity contribution >= 4 is 6.29 Å². The molecule has 0 atom stereocenters. The molecular weight excluding hydrogens is 240 g/mol. The molecule has 1 heterocycles. The monoisotopic (exact) mass is 243 g/mol. The molecule has 1 aromatic heterocycles. The molecule has 0 aliphatic carbocycles. The second-order valence-electron chi connectivity index (χ2n) is 2.77. The summed E-state index contributed by atoms with van der Waals surface area (Å²) in [6, 6.07) is 0.0653. The Bertz CT molecular complexity index is 408. The highest BCUT2D eigenvalue weighted by molar-refractivity contribution is 5.72. The molecule has 0 N–H and O–H groups in total. The molecule has 0 saturated carbocycles. The molecule has 0 fully saturated rings. The van der Waals surface area contributed by atoms with E-state index in [0.717, 1.165) is 0 Å². The van der Waals surface area contributed by atoms with Crippen LogP contribution in [0.3, 0.4) is 0 Å². The van der Waals surface area contributed by atoms with Gasteiger partial charge in [0.05, 0.1) is 11.1 Å². The van der Waals surface area contributed by atoms with Gasteiger partial charge in [-0.1, -0.05) is 0 Å². The molecule has 0 amide bonds. The fourth-order valence-electron chi connectivity index (χ4n) is 0.996. The summed E-state index contributed by atoms with van der Waals surface area (Å²) in [5.41, 5.74) is -4.54. The molecule has 8 heteroatoms. The van der Waals surface area contributed by atoms with Crippen LogP contribution in [0.1, 0.15) is 21.6 Å². The maximum atomic E-state index is 12.3. The molecule has 88 valence electrons. The number of carbonyl (C=O) groups is 1. The molecule has 0 radical (unpaired) electrons. The van der Waals surface area contributed by atoms with Crippen molar-refractivity contribution in [3.8, 4) is 0 Å². The third-order valence-electron chi connectivity index (χ3n) is 1.66. The first-order valence-electron chi connectivity index (χ1n) is 3.76. The van der Waals surface area contributed by atoms with Crippen LogP contribution in [0.15, 0.2) is 12.3 Å². The lowest BCUT2D eigenvalue weighted by Gasteiger charge is -2.14. The summed E-state index contributed by atoms with van der Waals surface area (Å²) in [6.07, 6.45) is -10.4. The number of rotatable bonds is 1. The van der Waals surface area contributed by atoms with Gasteiger partial charge in [0.25, 0.3) is 0 Å². The van der Waals surface area contributed by atoms with E-state index in [9.17, 15) is 31.1 Å². The SMILES string of the molecule is O=Cc1cc(C(F)(F)F)c(C(F)(F)F)cn1. The van der Waals surface area contributed by atoms with Crippen LogP contribution in [0.4, 0.5) is 26.3 Å². The number of aldehydes is 1. The van der Waals surface area contributed by atoms with Crippen LogP contribution in [0.25, 0.3) is 0 Å². The van der Waals surface area contributed by atoms with Crippen LogP contribution in [-0.2, 0) is 12.4 Å². The summed E-state index contributed by atoms with van der Waals surface area (Å²) in [7, 11) is 0. The molecule has 0 bridgehead atoms. The van der Waals surface area contributed by atoms with E-state index >= 15 is 0 Å². The number of nitrogens with zero attached hydrogens (tertiary/aromatic N) is 1. The Balaban J connectivity index is 3.45. The molecule has 1 rings (SSSR count). The minimum absolute atomic E-state index is 0.00738. The lowest BCUT2D eigenvalue weighted by atomic mass is 10.1. The largest absolute Gasteiger partial charge is 0.418 e. The van der Waals surface area contributed by atoms with Crippen molar-refractivity contribution in [1.82, 2.24) is 4.98 Å². The Morgan fingerprint density at radius 3 is 1.88 bits per heavy atom. The number of halogens is 6. The highest BCUT2D eigenvalue weighted by atomic mass is 19.4. The van der Waals surface area contributed by atoms with Crippen molar-refractivity contribution in [3.05, 3.63) is 29.1 Å². The number of aromatic nitrogens is 1. The zero-order chi connectivity index (χ0) is 12.6. The lowest BCUT2D eigenvalue weighted by molar-refractivity contribution is -0.162. The van der Waals surface area contributed by atoms with E-state index in [1.807, 2.05) is 0 Å². The van der Waals surface area contributed by atoms with E-state index in [0.29, 0.717) is 0 Å². The molecule has 0 saturated heterocycles. The van der Waals surface area contributed by atoms with E-state index < -0.39 is 29.2 Å². The topological polar surface area (TPSA) is 30.0 Å². The van der Waals surface area contributed by atoms with Crippen LogP contribution < -0.4 is 0 Å². The Morgan fingerprint density at radius 1 is 1.00 bits per heavy atom. The summed E-state index contributed by atoms with van der Waals surface area (Å²) >= 11 is 0. The van der Waals surface area contributed by atoms with Gasteiger partial charge in [-0.3, -0.25) is 9.78 Å². The van der Waals surface area contributed by atoms with Gasteiger partial charge in [0.15, 0.2) is 6.29 Å². The zero-order valence-electron chi connectivity index (χ0n) is 7.36. The minimum atomic E-state index is -5.19. The van der Waals surface area contributed by atoms with Crippen LogP contribution in [-0.4, -0.2) is 11.3 Å². The molecule has 1 aromatic rings. The number of carbonyl (C=O) groups excluding carboxylic acids is 1. The first-order valence-corrected chi connectivity index (χ1v) is 3.76. The summed E-state index contributed by atoms with van der Waals surface area (Å²) in [4.78, 5) is 13.1. The first-order chi connectivity index (χ1) is 7.16. The number of alkyl halides is 6. The molecule has 0 unspecified atom stereocenters. The van der Waals surface area contributed by atoms with Crippen molar-refractivity contribution in [2.24, 2.45) is 0 Å². The van der Waals surface area contributed by atoms with E-state index in [1.165, 1.54) is 0 Å². The smallest absolute Gasteiger partial charge is 0.296 e. The molecule has 0 aliphatic rings. The van der Waals surface area contributed by atoms with Crippen LogP contribution in [0.5, 0.6) is 0 Å². The van der Waals surface area contributed by atoms with Crippen LogP contribution in [0.2, 0.25) is 0 Å². The number of pyridine rings is 1. The Labute approximate surface area is 84.9 Å². The van der Waals surface area contributed by atoms with Crippen LogP contribution in [0, 0.1) is 0 Å². The summed E-state index contributed by atoms with van der Waals surface area (Å²) in [6.45, 7) is 0. The van der Waals surface area contributed by atoms with Gasteiger partial charge < -0.3 is 0 Å². The molecular formula is C8H3F6NO. The average Bonchev–Trinajstić information content (AvgIpc) is 2.14. The van der Waals surface area contributed by atoms with Crippen molar-refractivity contribution in [2.75, 3.05) is 0 Å². The standard InChI is InChI=1S/C8H3F6NO/c9-7(10,11)5-1-4(3-16)15-2-6(5)8(12,13)14/h1-3H. The summed E-state index contributed by atoms with van der Waals surface area (Å²) < 4.78 is 73.3. The third kappa shape index (κ3) is 2.50. The Hall–Kier alpha value is -1.60. The molecule has 0 aromatic carbocycles. The predicted octanol–water partition coefficient (Wildman–Crippen LogP) is 2.93. The highest BCUT2D eigenvalue weighted by Gasteiger charge is 2.43. The predicted molar refractivity (Wildman–Crippen MR) is 39.6 cm³/mol. The third-order valence-corrected chi connectivity index (χ3v) is 1.66. The summed E-state index contributed by atoms with van der Waals surface area (Å²) in [5, 5.41) is 0. The quantitative estimate of drug-likeness (QED) is 0.560. The van der Waals surface area contributed by atoms with Gasteiger partial charge in [0, 0.05) is 6.20 Å². The Kier molecular flexibility index (Phi) is 2.93. The molecule has 0 aliphatic heterocycles. The van der Waals surface area contributed by atoms with Crippen molar-refractivity contribution in [1.29, 1.82) is 0 Å². The van der Waals surface area contributed by atoms with Gasteiger partial charge in [0.1, 0.15) is 5.69 Å². The van der Waals surface area contributed by atoms with E-state index in [4.69, 9.17) is 0 Å². The van der Waals surface area contributed by atoms with Gasteiger partial charge in [-0.25, -0.2) is 0 Å². The zero-order valence-corrected chi connectivity index (χ0v) is 7.36. The van der Waals surface area contributed by atoms with Crippen molar-refractivity contribution < 1.29 is 31.1 Å². The molecule has 2 nitrogen and oxygen atoms in total. The number of hydrogen-bond acceptors (Lipinski definition) is 2. The van der Waals surface area contributed by atoms with Crippen molar-refractivity contribution in [3.63, 3.8) is 0 Å². The van der Waals surface area contributed by atoms with E-state index in [1.54, 1.807) is 0 Å². The minimum Gasteiger partial charge on any atom is -0.296 e. The van der Waals surface area contributed by atoms with Gasteiger partial charge in [-0.15, -0.1) is 0 Å². The molecule has 0 spiro atoms.